The van der Waals surface area contributed by atoms with Crippen LogP contribution in [0.2, 0.25) is 0 Å². The number of rotatable bonds is 7. The Morgan fingerprint density at radius 3 is 2.79 bits per heavy atom. The van der Waals surface area contributed by atoms with Gasteiger partial charge in [0.05, 0.1) is 0 Å². The van der Waals surface area contributed by atoms with E-state index in [9.17, 15) is 0 Å². The lowest BCUT2D eigenvalue weighted by molar-refractivity contribution is 0.618. The van der Waals surface area contributed by atoms with Gasteiger partial charge in [0, 0.05) is 4.88 Å². The Kier molecular flexibility index (Phi) is 5.88. The maximum Gasteiger partial charge on any atom is 0.00743 e. The maximum absolute atomic E-state index is 3.36. The van der Waals surface area contributed by atoms with Gasteiger partial charge in [-0.3, -0.25) is 0 Å². The van der Waals surface area contributed by atoms with Crippen LogP contribution in [0.3, 0.4) is 0 Å². The summed E-state index contributed by atoms with van der Waals surface area (Å²) < 4.78 is 0. The number of unbranched alkanes of at least 4 members (excludes halogenated alkanes) is 2. The number of hydrogen-bond donors (Lipinski definition) is 1. The molecule has 1 heterocycles. The molecular formula is C12H21NS. The predicted octanol–water partition coefficient (Wildman–Crippen LogP) is 3.38. The Morgan fingerprint density at radius 1 is 1.29 bits per heavy atom. The number of hydrogen-bond acceptors (Lipinski definition) is 2. The van der Waals surface area contributed by atoms with E-state index < -0.39 is 0 Å². The van der Waals surface area contributed by atoms with Gasteiger partial charge in [0.15, 0.2) is 0 Å². The topological polar surface area (TPSA) is 12.0 Å². The van der Waals surface area contributed by atoms with E-state index in [1.54, 1.807) is 4.88 Å². The van der Waals surface area contributed by atoms with Gasteiger partial charge in [-0.1, -0.05) is 13.3 Å². The quantitative estimate of drug-likeness (QED) is 0.682. The second-order valence-electron chi connectivity index (χ2n) is 3.69. The van der Waals surface area contributed by atoms with Crippen LogP contribution in [0, 0.1) is 6.92 Å². The number of aryl methyl sites for hydroxylation is 2. The molecule has 0 amide bonds. The van der Waals surface area contributed by atoms with E-state index in [0.717, 1.165) is 6.54 Å². The smallest absolute Gasteiger partial charge is 0.00743 e. The number of thiophene rings is 1. The highest BCUT2D eigenvalue weighted by Crippen LogP contribution is 2.18. The second-order valence-corrected chi connectivity index (χ2v) is 4.69. The Hall–Kier alpha value is -0.340. The molecule has 0 aromatic carbocycles. The van der Waals surface area contributed by atoms with Crippen molar-refractivity contribution < 1.29 is 0 Å². The lowest BCUT2D eigenvalue weighted by Crippen LogP contribution is -2.13. The average molecular weight is 211 g/mol. The molecule has 0 unspecified atom stereocenters. The van der Waals surface area contributed by atoms with Gasteiger partial charge in [-0.2, -0.15) is 0 Å². The highest BCUT2D eigenvalue weighted by atomic mass is 32.1. The van der Waals surface area contributed by atoms with Crippen LogP contribution in [0.1, 0.15) is 36.6 Å². The summed E-state index contributed by atoms with van der Waals surface area (Å²) in [5.41, 5.74) is 1.47. The molecule has 1 aromatic heterocycles. The van der Waals surface area contributed by atoms with Gasteiger partial charge in [0.1, 0.15) is 0 Å². The molecule has 0 saturated heterocycles. The third-order valence-corrected chi connectivity index (χ3v) is 3.56. The average Bonchev–Trinajstić information content (AvgIpc) is 2.58. The zero-order valence-corrected chi connectivity index (χ0v) is 10.1. The molecule has 1 aromatic rings. The first-order valence-electron chi connectivity index (χ1n) is 5.58. The molecule has 0 saturated carbocycles. The fourth-order valence-electron chi connectivity index (χ4n) is 1.55. The molecule has 0 spiro atoms. The van der Waals surface area contributed by atoms with Crippen molar-refractivity contribution in [3.8, 4) is 0 Å². The largest absolute Gasteiger partial charge is 0.317 e. The van der Waals surface area contributed by atoms with E-state index in [2.05, 4.69) is 30.6 Å². The molecule has 0 fully saturated rings. The molecule has 1 rings (SSSR count). The Bertz CT molecular complexity index is 242. The third kappa shape index (κ3) is 4.25. The monoisotopic (exact) mass is 211 g/mol. The molecule has 80 valence electrons. The Labute approximate surface area is 91.5 Å². The lowest BCUT2D eigenvalue weighted by atomic mass is 10.1. The second kappa shape index (κ2) is 7.02. The van der Waals surface area contributed by atoms with Gasteiger partial charge < -0.3 is 5.32 Å². The Morgan fingerprint density at radius 2 is 2.14 bits per heavy atom. The van der Waals surface area contributed by atoms with E-state index in [4.69, 9.17) is 0 Å². The summed E-state index contributed by atoms with van der Waals surface area (Å²) in [6.07, 6.45) is 5.28. The van der Waals surface area contributed by atoms with E-state index in [0.29, 0.717) is 0 Å². The van der Waals surface area contributed by atoms with Crippen molar-refractivity contribution in [3.63, 3.8) is 0 Å². The summed E-state index contributed by atoms with van der Waals surface area (Å²) in [5.74, 6) is 0. The fourth-order valence-corrected chi connectivity index (χ4v) is 2.50. The van der Waals surface area contributed by atoms with E-state index in [1.165, 1.54) is 37.8 Å². The lowest BCUT2D eigenvalue weighted by Gasteiger charge is -2.01. The molecule has 0 aliphatic heterocycles. The van der Waals surface area contributed by atoms with Crippen molar-refractivity contribution in [2.75, 3.05) is 13.1 Å². The first-order valence-corrected chi connectivity index (χ1v) is 6.46. The SMILES string of the molecule is CCNCCCCCc1sccc1C. The summed E-state index contributed by atoms with van der Waals surface area (Å²) >= 11 is 1.90. The molecule has 2 heteroatoms. The standard InChI is InChI=1S/C12H21NS/c1-3-13-9-6-4-5-7-12-11(2)8-10-14-12/h8,10,13H,3-7,9H2,1-2H3. The first kappa shape index (κ1) is 11.7. The van der Waals surface area contributed by atoms with Crippen LogP contribution < -0.4 is 5.32 Å². The van der Waals surface area contributed by atoms with Crippen LogP contribution in [0.4, 0.5) is 0 Å². The van der Waals surface area contributed by atoms with Crippen LogP contribution >= 0.6 is 11.3 Å². The molecule has 14 heavy (non-hydrogen) atoms. The highest BCUT2D eigenvalue weighted by molar-refractivity contribution is 7.10. The third-order valence-electron chi connectivity index (χ3n) is 2.48. The molecule has 0 aliphatic rings. The van der Waals surface area contributed by atoms with Crippen LogP contribution in [-0.4, -0.2) is 13.1 Å². The van der Waals surface area contributed by atoms with Crippen molar-refractivity contribution in [1.82, 2.24) is 5.32 Å². The van der Waals surface area contributed by atoms with Crippen molar-refractivity contribution in [2.45, 2.75) is 39.5 Å². The van der Waals surface area contributed by atoms with Gasteiger partial charge >= 0.3 is 0 Å². The minimum Gasteiger partial charge on any atom is -0.317 e. The zero-order valence-electron chi connectivity index (χ0n) is 9.31. The van der Waals surface area contributed by atoms with Crippen LogP contribution in [0.25, 0.3) is 0 Å². The predicted molar refractivity (Wildman–Crippen MR) is 65.2 cm³/mol. The molecule has 0 aliphatic carbocycles. The Balaban J connectivity index is 2.02. The van der Waals surface area contributed by atoms with Gasteiger partial charge in [0.25, 0.3) is 0 Å². The van der Waals surface area contributed by atoms with E-state index in [-0.39, 0.29) is 0 Å². The zero-order chi connectivity index (χ0) is 10.2. The maximum atomic E-state index is 3.36. The summed E-state index contributed by atoms with van der Waals surface area (Å²) in [5, 5.41) is 5.55. The van der Waals surface area contributed by atoms with Crippen molar-refractivity contribution in [3.05, 3.63) is 21.9 Å². The summed E-state index contributed by atoms with van der Waals surface area (Å²) in [6, 6.07) is 2.22. The van der Waals surface area contributed by atoms with Crippen LogP contribution in [0.5, 0.6) is 0 Å². The first-order chi connectivity index (χ1) is 6.84. The molecular weight excluding hydrogens is 190 g/mol. The molecule has 0 atom stereocenters. The van der Waals surface area contributed by atoms with Crippen molar-refractivity contribution in [1.29, 1.82) is 0 Å². The molecule has 1 N–H and O–H groups in total. The fraction of sp³-hybridized carbons (Fsp3) is 0.667. The van der Waals surface area contributed by atoms with Crippen molar-refractivity contribution in [2.24, 2.45) is 0 Å². The van der Waals surface area contributed by atoms with E-state index in [1.807, 2.05) is 11.3 Å². The molecule has 0 radical (unpaired) electrons. The van der Waals surface area contributed by atoms with Gasteiger partial charge in [0.2, 0.25) is 0 Å². The molecule has 1 nitrogen and oxygen atoms in total. The number of nitrogens with one attached hydrogen (secondary N) is 1. The van der Waals surface area contributed by atoms with Crippen LogP contribution in [-0.2, 0) is 6.42 Å². The minimum atomic E-state index is 1.10. The van der Waals surface area contributed by atoms with Gasteiger partial charge in [-0.25, -0.2) is 0 Å². The minimum absolute atomic E-state index is 1.10. The summed E-state index contributed by atoms with van der Waals surface area (Å²) in [6.45, 7) is 6.66. The van der Waals surface area contributed by atoms with Crippen LogP contribution in [0.15, 0.2) is 11.4 Å². The van der Waals surface area contributed by atoms with E-state index >= 15 is 0 Å². The summed E-state index contributed by atoms with van der Waals surface area (Å²) in [4.78, 5) is 1.58. The van der Waals surface area contributed by atoms with Gasteiger partial charge in [-0.05, 0) is 56.3 Å². The molecule has 0 bridgehead atoms. The van der Waals surface area contributed by atoms with Gasteiger partial charge in [-0.15, -0.1) is 11.3 Å². The summed E-state index contributed by atoms with van der Waals surface area (Å²) in [7, 11) is 0. The van der Waals surface area contributed by atoms with Crippen molar-refractivity contribution >= 4 is 11.3 Å². The normalized spacial score (nSPS) is 10.7. The highest BCUT2D eigenvalue weighted by Gasteiger charge is 1.98.